The van der Waals surface area contributed by atoms with Gasteiger partial charge in [0.15, 0.2) is 0 Å². The molecule has 4 N–H and O–H groups in total. The number of nitrogen functional groups attached to an aromatic ring is 1. The number of benzene rings is 1. The first-order chi connectivity index (χ1) is 11.3. The van der Waals surface area contributed by atoms with Crippen molar-refractivity contribution in [3.8, 4) is 0 Å². The molecule has 24 heavy (non-hydrogen) atoms. The molecule has 0 saturated heterocycles. The lowest BCUT2D eigenvalue weighted by Gasteiger charge is -2.17. The molecule has 0 aliphatic heterocycles. The molecule has 0 fully saturated rings. The van der Waals surface area contributed by atoms with Gasteiger partial charge >= 0.3 is 5.69 Å². The first-order valence-electron chi connectivity index (χ1n) is 7.66. The molecule has 0 amide bonds. The van der Waals surface area contributed by atoms with Crippen molar-refractivity contribution < 1.29 is 9.90 Å². The van der Waals surface area contributed by atoms with E-state index >= 15 is 0 Å². The van der Waals surface area contributed by atoms with Crippen LogP contribution in [0.25, 0.3) is 0 Å². The molecule has 1 aromatic carbocycles. The molecule has 7 nitrogen and oxygen atoms in total. The largest absolute Gasteiger partial charge is 0.399 e. The fraction of sp³-hybridized carbons (Fsp3) is 0.353. The van der Waals surface area contributed by atoms with Gasteiger partial charge in [-0.05, 0) is 36.6 Å². The minimum atomic E-state index is -0.720. The zero-order valence-corrected chi connectivity index (χ0v) is 13.9. The van der Waals surface area contributed by atoms with Crippen LogP contribution in [0.5, 0.6) is 0 Å². The molecule has 1 heterocycles. The van der Waals surface area contributed by atoms with Gasteiger partial charge in [-0.2, -0.15) is 0 Å². The van der Waals surface area contributed by atoms with Crippen LogP contribution in [0.3, 0.4) is 0 Å². The first-order valence-corrected chi connectivity index (χ1v) is 7.66. The summed E-state index contributed by atoms with van der Waals surface area (Å²) in [6.07, 6.45) is 0. The van der Waals surface area contributed by atoms with E-state index < -0.39 is 17.0 Å². The molecule has 0 atom stereocenters. The van der Waals surface area contributed by atoms with Crippen molar-refractivity contribution in [2.24, 2.45) is 0 Å². The lowest BCUT2D eigenvalue weighted by molar-refractivity contribution is 0.102. The van der Waals surface area contributed by atoms with Crippen LogP contribution in [0.2, 0.25) is 0 Å². The van der Waals surface area contributed by atoms with Gasteiger partial charge in [-0.25, -0.2) is 4.79 Å². The number of ketones is 1. The maximum Gasteiger partial charge on any atom is 0.329 e. The van der Waals surface area contributed by atoms with Gasteiger partial charge in [-0.15, -0.1) is 0 Å². The molecule has 0 aliphatic rings. The summed E-state index contributed by atoms with van der Waals surface area (Å²) in [5.74, 6) is -0.744. The molecule has 0 radical (unpaired) electrons. The average molecular weight is 331 g/mol. The molecule has 7 heteroatoms. The highest BCUT2D eigenvalue weighted by Crippen LogP contribution is 2.20. The number of rotatable bonds is 5. The quantitative estimate of drug-likeness (QED) is 0.552. The number of aliphatic hydroxyl groups excluding tert-OH is 1. The monoisotopic (exact) mass is 331 g/mol. The number of hydrogen-bond donors (Lipinski definition) is 3. The standard InChI is InChI=1S/C17H21N3O4/c1-9(2)13-14(20(4-5-21)17(24)19-16(13)23)15(22)11-6-10(3)7-12(18)8-11/h6-9,21H,4-5,18H2,1-3H3,(H,19,23,24). The number of aromatic nitrogens is 2. The number of carbonyl (C=O) groups excluding carboxylic acids is 1. The van der Waals surface area contributed by atoms with E-state index in [0.717, 1.165) is 10.1 Å². The smallest absolute Gasteiger partial charge is 0.329 e. The summed E-state index contributed by atoms with van der Waals surface area (Å²) in [6.45, 7) is 4.91. The summed E-state index contributed by atoms with van der Waals surface area (Å²) in [7, 11) is 0. The van der Waals surface area contributed by atoms with Crippen molar-refractivity contribution in [2.75, 3.05) is 12.3 Å². The summed E-state index contributed by atoms with van der Waals surface area (Å²) in [4.78, 5) is 39.6. The maximum absolute atomic E-state index is 13.0. The summed E-state index contributed by atoms with van der Waals surface area (Å²) in [5.41, 5.74) is 6.22. The van der Waals surface area contributed by atoms with Gasteiger partial charge in [0.05, 0.1) is 13.2 Å². The molecule has 0 spiro atoms. The number of aryl methyl sites for hydroxylation is 1. The minimum absolute atomic E-state index is 0.00204. The SMILES string of the molecule is Cc1cc(N)cc(C(=O)c2c(C(C)C)c(=O)[nH]c(=O)n2CCO)c1. The van der Waals surface area contributed by atoms with Crippen molar-refractivity contribution in [3.05, 3.63) is 61.4 Å². The predicted octanol–water partition coefficient (Wildman–Crippen LogP) is 0.774. The Hall–Kier alpha value is -2.67. The van der Waals surface area contributed by atoms with Crippen molar-refractivity contribution >= 4 is 11.5 Å². The Balaban J connectivity index is 2.81. The highest BCUT2D eigenvalue weighted by atomic mass is 16.3. The highest BCUT2D eigenvalue weighted by Gasteiger charge is 2.24. The number of H-pyrrole nitrogens is 1. The van der Waals surface area contributed by atoms with E-state index in [1.165, 1.54) is 6.07 Å². The lowest BCUT2D eigenvalue weighted by atomic mass is 9.96. The second kappa shape index (κ2) is 6.84. The second-order valence-corrected chi connectivity index (χ2v) is 6.01. The normalized spacial score (nSPS) is 11.0. The summed E-state index contributed by atoms with van der Waals surface area (Å²) in [5, 5.41) is 9.22. The number of aromatic amines is 1. The molecule has 0 bridgehead atoms. The fourth-order valence-corrected chi connectivity index (χ4v) is 2.76. The Morgan fingerprint density at radius 3 is 2.50 bits per heavy atom. The van der Waals surface area contributed by atoms with Crippen LogP contribution in [-0.2, 0) is 6.54 Å². The molecular formula is C17H21N3O4. The topological polar surface area (TPSA) is 118 Å². The lowest BCUT2D eigenvalue weighted by Crippen LogP contribution is -2.38. The van der Waals surface area contributed by atoms with E-state index in [0.29, 0.717) is 11.3 Å². The van der Waals surface area contributed by atoms with Crippen molar-refractivity contribution in [1.29, 1.82) is 0 Å². The van der Waals surface area contributed by atoms with Gasteiger partial charge in [-0.3, -0.25) is 19.1 Å². The van der Waals surface area contributed by atoms with Crippen LogP contribution in [0, 0.1) is 6.92 Å². The minimum Gasteiger partial charge on any atom is -0.399 e. The van der Waals surface area contributed by atoms with Gasteiger partial charge in [0.25, 0.3) is 5.56 Å². The number of nitrogens with two attached hydrogens (primary N) is 1. The van der Waals surface area contributed by atoms with Crippen LogP contribution in [-0.4, -0.2) is 27.0 Å². The predicted molar refractivity (Wildman–Crippen MR) is 91.5 cm³/mol. The van der Waals surface area contributed by atoms with Gasteiger partial charge in [0, 0.05) is 16.8 Å². The fourth-order valence-electron chi connectivity index (χ4n) is 2.76. The number of nitrogens with one attached hydrogen (secondary N) is 1. The molecule has 1 aromatic heterocycles. The van der Waals surface area contributed by atoms with E-state index in [4.69, 9.17) is 5.73 Å². The average Bonchev–Trinajstić information content (AvgIpc) is 2.47. The van der Waals surface area contributed by atoms with E-state index in [9.17, 15) is 19.5 Å². The number of anilines is 1. The van der Waals surface area contributed by atoms with Crippen molar-refractivity contribution in [1.82, 2.24) is 9.55 Å². The molecule has 0 aliphatic carbocycles. The van der Waals surface area contributed by atoms with Crippen LogP contribution in [0.1, 0.15) is 46.9 Å². The van der Waals surface area contributed by atoms with E-state index in [1.807, 2.05) is 0 Å². The highest BCUT2D eigenvalue weighted by molar-refractivity contribution is 6.09. The zero-order chi connectivity index (χ0) is 18.0. The van der Waals surface area contributed by atoms with Gasteiger partial charge in [-0.1, -0.05) is 13.8 Å². The van der Waals surface area contributed by atoms with Gasteiger partial charge in [0.2, 0.25) is 5.78 Å². The molecular weight excluding hydrogens is 310 g/mol. The second-order valence-electron chi connectivity index (χ2n) is 6.01. The van der Waals surface area contributed by atoms with Crippen molar-refractivity contribution in [2.45, 2.75) is 33.2 Å². The van der Waals surface area contributed by atoms with Crippen LogP contribution in [0.15, 0.2) is 27.8 Å². The van der Waals surface area contributed by atoms with Crippen LogP contribution >= 0.6 is 0 Å². The molecule has 2 aromatic rings. The third-order valence-electron chi connectivity index (χ3n) is 3.71. The number of carbonyl (C=O) groups is 1. The molecule has 2 rings (SSSR count). The molecule has 0 unspecified atom stereocenters. The number of nitrogens with zero attached hydrogens (tertiary/aromatic N) is 1. The Bertz CT molecular complexity index is 873. The van der Waals surface area contributed by atoms with Gasteiger partial charge in [0.1, 0.15) is 5.69 Å². The van der Waals surface area contributed by atoms with E-state index in [1.54, 1.807) is 32.9 Å². The third kappa shape index (κ3) is 3.30. The summed E-state index contributed by atoms with van der Waals surface area (Å²) < 4.78 is 1.11. The van der Waals surface area contributed by atoms with Crippen LogP contribution < -0.4 is 17.0 Å². The Kier molecular flexibility index (Phi) is 5.04. The summed E-state index contributed by atoms with van der Waals surface area (Å²) >= 11 is 0. The third-order valence-corrected chi connectivity index (χ3v) is 3.71. The zero-order valence-electron chi connectivity index (χ0n) is 13.9. The Labute approximate surface area is 138 Å². The van der Waals surface area contributed by atoms with Crippen LogP contribution in [0.4, 0.5) is 5.69 Å². The van der Waals surface area contributed by atoms with Crippen molar-refractivity contribution in [3.63, 3.8) is 0 Å². The molecule has 128 valence electrons. The first kappa shape index (κ1) is 17.7. The number of hydrogen-bond acceptors (Lipinski definition) is 5. The van der Waals surface area contributed by atoms with E-state index in [2.05, 4.69) is 4.98 Å². The van der Waals surface area contributed by atoms with E-state index in [-0.39, 0.29) is 30.3 Å². The Morgan fingerprint density at radius 2 is 1.96 bits per heavy atom. The maximum atomic E-state index is 13.0. The van der Waals surface area contributed by atoms with Gasteiger partial charge < -0.3 is 10.8 Å². The number of aliphatic hydroxyl groups is 1. The Morgan fingerprint density at radius 1 is 1.29 bits per heavy atom. The molecule has 0 saturated carbocycles. The summed E-state index contributed by atoms with van der Waals surface area (Å²) in [6, 6.07) is 4.88.